The minimum absolute atomic E-state index is 0.202. The number of rotatable bonds is 4. The number of aromatic nitrogens is 3. The molecule has 0 saturated heterocycles. The van der Waals surface area contributed by atoms with Gasteiger partial charge >= 0.3 is 0 Å². The Labute approximate surface area is 168 Å². The first-order chi connectivity index (χ1) is 14.3. The van der Waals surface area contributed by atoms with Crippen LogP contribution in [-0.4, -0.2) is 32.5 Å². The molecule has 0 fully saturated rings. The Balaban J connectivity index is 1.24. The van der Waals surface area contributed by atoms with Gasteiger partial charge in [-0.15, -0.1) is 10.2 Å². The third-order valence-corrected chi connectivity index (χ3v) is 5.34. The Morgan fingerprint density at radius 1 is 1.00 bits per heavy atom. The monoisotopic (exact) mass is 387 g/mol. The number of oxime groups is 1. The normalized spacial score (nSPS) is 17.9. The Morgan fingerprint density at radius 2 is 1.83 bits per heavy atom. The van der Waals surface area contributed by atoms with E-state index >= 15 is 0 Å². The van der Waals surface area contributed by atoms with Gasteiger partial charge in [0, 0.05) is 30.6 Å². The fourth-order valence-corrected chi connectivity index (χ4v) is 3.77. The van der Waals surface area contributed by atoms with Crippen LogP contribution in [0.2, 0.25) is 0 Å². The number of carbonyl (C=O) groups excluding carboxylic acids is 1. The first-order valence-corrected chi connectivity index (χ1v) is 9.89. The molecule has 1 unspecified atom stereocenters. The fraction of sp³-hybridized carbons (Fsp3) is 0.273. The zero-order valence-corrected chi connectivity index (χ0v) is 15.9. The summed E-state index contributed by atoms with van der Waals surface area (Å²) in [6, 6.07) is 17.4. The molecule has 1 atom stereocenters. The lowest BCUT2D eigenvalue weighted by atomic mass is 10.0. The summed E-state index contributed by atoms with van der Waals surface area (Å²) >= 11 is 0. The second-order valence-electron chi connectivity index (χ2n) is 7.32. The van der Waals surface area contributed by atoms with Gasteiger partial charge in [0.05, 0.1) is 5.71 Å². The number of anilines is 1. The summed E-state index contributed by atoms with van der Waals surface area (Å²) in [6.07, 6.45) is 3.14. The first-order valence-electron chi connectivity index (χ1n) is 9.89. The van der Waals surface area contributed by atoms with E-state index in [2.05, 4.69) is 25.2 Å². The van der Waals surface area contributed by atoms with Crippen molar-refractivity contribution in [2.24, 2.45) is 5.16 Å². The van der Waals surface area contributed by atoms with Crippen LogP contribution in [0.5, 0.6) is 0 Å². The highest BCUT2D eigenvalue weighted by Gasteiger charge is 2.29. The Morgan fingerprint density at radius 3 is 2.66 bits per heavy atom. The Hall–Kier alpha value is -3.48. The molecule has 0 saturated carbocycles. The van der Waals surface area contributed by atoms with Gasteiger partial charge in [-0.25, -0.2) is 0 Å². The van der Waals surface area contributed by atoms with Gasteiger partial charge in [0.1, 0.15) is 5.82 Å². The number of amides is 1. The second kappa shape index (κ2) is 7.50. The quantitative estimate of drug-likeness (QED) is 0.744. The summed E-state index contributed by atoms with van der Waals surface area (Å²) in [4.78, 5) is 17.9. The lowest BCUT2D eigenvalue weighted by Gasteiger charge is -2.15. The Kier molecular flexibility index (Phi) is 4.56. The molecule has 3 aromatic rings. The van der Waals surface area contributed by atoms with Crippen LogP contribution in [-0.2, 0) is 22.6 Å². The molecular formula is C22H21N5O2. The molecule has 29 heavy (non-hydrogen) atoms. The van der Waals surface area contributed by atoms with E-state index < -0.39 is 6.10 Å². The third-order valence-electron chi connectivity index (χ3n) is 5.34. The minimum atomic E-state index is -0.617. The highest BCUT2D eigenvalue weighted by molar-refractivity contribution is 6.06. The van der Waals surface area contributed by atoms with Crippen molar-refractivity contribution in [3.05, 3.63) is 66.0 Å². The second-order valence-corrected chi connectivity index (χ2v) is 7.32. The van der Waals surface area contributed by atoms with Gasteiger partial charge in [-0.3, -0.25) is 4.79 Å². The van der Waals surface area contributed by atoms with Gasteiger partial charge in [-0.05, 0) is 42.7 Å². The molecule has 1 N–H and O–H groups in total. The van der Waals surface area contributed by atoms with Gasteiger partial charge in [-0.1, -0.05) is 35.5 Å². The van der Waals surface area contributed by atoms with E-state index in [-0.39, 0.29) is 5.91 Å². The number of benzene rings is 2. The molecule has 0 radical (unpaired) electrons. The first kappa shape index (κ1) is 17.6. The summed E-state index contributed by atoms with van der Waals surface area (Å²) in [5.41, 5.74) is 3.48. The molecule has 0 spiro atoms. The molecule has 2 aliphatic heterocycles. The molecular weight excluding hydrogens is 366 g/mol. The van der Waals surface area contributed by atoms with Crippen LogP contribution in [0.15, 0.2) is 59.8 Å². The number of hydrogen-bond acceptors (Lipinski definition) is 5. The Bertz CT molecular complexity index is 1060. The highest BCUT2D eigenvalue weighted by Crippen LogP contribution is 2.25. The van der Waals surface area contributed by atoms with Crippen LogP contribution in [0.4, 0.5) is 5.69 Å². The number of nitrogens with one attached hydrogen (secondary N) is 1. The van der Waals surface area contributed by atoms with E-state index in [1.807, 2.05) is 54.6 Å². The van der Waals surface area contributed by atoms with E-state index in [4.69, 9.17) is 4.84 Å². The number of hydrogen-bond donors (Lipinski definition) is 1. The summed E-state index contributed by atoms with van der Waals surface area (Å²) in [5, 5.41) is 15.6. The smallest absolute Gasteiger partial charge is 0.268 e. The fourth-order valence-electron chi connectivity index (χ4n) is 3.77. The van der Waals surface area contributed by atoms with Crippen LogP contribution < -0.4 is 5.32 Å². The molecule has 1 aromatic heterocycles. The molecule has 1 amide bonds. The van der Waals surface area contributed by atoms with Crippen molar-refractivity contribution in [3.63, 3.8) is 0 Å². The standard InChI is InChI=1S/C22H21N5O2/c28-22(19-14-18(26-29-19)15-6-2-1-3-7-15)23-17-11-9-16(10-12-17)21-25-24-20-8-4-5-13-27(20)21/h1-3,6-7,9-12,19H,4-5,8,13-14H2,(H,23,28). The largest absolute Gasteiger partial charge is 0.382 e. The minimum Gasteiger partial charge on any atom is -0.382 e. The van der Waals surface area contributed by atoms with E-state index in [1.165, 1.54) is 6.42 Å². The van der Waals surface area contributed by atoms with E-state index in [0.29, 0.717) is 12.1 Å². The predicted octanol–water partition coefficient (Wildman–Crippen LogP) is 3.41. The van der Waals surface area contributed by atoms with Gasteiger partial charge in [0.25, 0.3) is 5.91 Å². The summed E-state index contributed by atoms with van der Waals surface area (Å²) in [7, 11) is 0. The average molecular weight is 387 g/mol. The lowest BCUT2D eigenvalue weighted by molar-refractivity contribution is -0.125. The van der Waals surface area contributed by atoms with Crippen molar-refractivity contribution < 1.29 is 9.63 Å². The number of aryl methyl sites for hydroxylation is 1. The summed E-state index contributed by atoms with van der Waals surface area (Å²) in [5.74, 6) is 1.74. The molecule has 3 heterocycles. The maximum Gasteiger partial charge on any atom is 0.268 e. The van der Waals surface area contributed by atoms with Crippen LogP contribution in [0.1, 0.15) is 30.7 Å². The van der Waals surface area contributed by atoms with Crippen molar-refractivity contribution in [2.75, 3.05) is 5.32 Å². The third kappa shape index (κ3) is 3.51. The van der Waals surface area contributed by atoms with E-state index in [1.54, 1.807) is 0 Å². The maximum absolute atomic E-state index is 12.6. The van der Waals surface area contributed by atoms with Gasteiger partial charge < -0.3 is 14.7 Å². The lowest BCUT2D eigenvalue weighted by Crippen LogP contribution is -2.28. The molecule has 2 aromatic carbocycles. The molecule has 0 bridgehead atoms. The average Bonchev–Trinajstić information content (AvgIpc) is 3.43. The van der Waals surface area contributed by atoms with Crippen LogP contribution in [0.25, 0.3) is 11.4 Å². The van der Waals surface area contributed by atoms with E-state index in [0.717, 1.165) is 47.9 Å². The maximum atomic E-state index is 12.6. The molecule has 146 valence electrons. The van der Waals surface area contributed by atoms with Crippen molar-refractivity contribution in [3.8, 4) is 11.4 Å². The predicted molar refractivity (Wildman–Crippen MR) is 109 cm³/mol. The zero-order chi connectivity index (χ0) is 19.6. The summed E-state index contributed by atoms with van der Waals surface area (Å²) < 4.78 is 2.19. The van der Waals surface area contributed by atoms with Gasteiger partial charge in [-0.2, -0.15) is 0 Å². The SMILES string of the molecule is O=C(Nc1ccc(-c2nnc3n2CCCC3)cc1)C1CC(c2ccccc2)=NO1. The highest BCUT2D eigenvalue weighted by atomic mass is 16.6. The number of carbonyl (C=O) groups is 1. The number of fused-ring (bicyclic) bond motifs is 1. The van der Waals surface area contributed by atoms with Crippen molar-refractivity contribution in [1.82, 2.24) is 14.8 Å². The van der Waals surface area contributed by atoms with Crippen LogP contribution in [0.3, 0.4) is 0 Å². The number of nitrogens with zero attached hydrogens (tertiary/aromatic N) is 4. The van der Waals surface area contributed by atoms with Crippen molar-refractivity contribution >= 4 is 17.3 Å². The zero-order valence-electron chi connectivity index (χ0n) is 15.9. The molecule has 5 rings (SSSR count). The molecule has 7 heteroatoms. The van der Waals surface area contributed by atoms with Crippen molar-refractivity contribution in [1.29, 1.82) is 0 Å². The topological polar surface area (TPSA) is 81.4 Å². The van der Waals surface area contributed by atoms with Gasteiger partial charge in [0.2, 0.25) is 6.10 Å². The van der Waals surface area contributed by atoms with Gasteiger partial charge in [0.15, 0.2) is 5.82 Å². The van der Waals surface area contributed by atoms with Crippen molar-refractivity contribution in [2.45, 2.75) is 38.3 Å². The molecule has 7 nitrogen and oxygen atoms in total. The molecule has 2 aliphatic rings. The van der Waals surface area contributed by atoms with Crippen LogP contribution in [0, 0.1) is 0 Å². The summed E-state index contributed by atoms with van der Waals surface area (Å²) in [6.45, 7) is 0.957. The molecule has 0 aliphatic carbocycles. The van der Waals surface area contributed by atoms with Crippen LogP contribution >= 0.6 is 0 Å². The van der Waals surface area contributed by atoms with E-state index in [9.17, 15) is 4.79 Å².